The number of nitrogens with zero attached hydrogens (tertiary/aromatic N) is 8. The predicted octanol–water partition coefficient (Wildman–Crippen LogP) is 4.83. The third-order valence-electron chi connectivity index (χ3n) is 9.86. The van der Waals surface area contributed by atoms with E-state index in [1.807, 2.05) is 11.0 Å². The molecule has 2 aliphatic rings. The average molecular weight is 835 g/mol. The lowest BCUT2D eigenvalue weighted by atomic mass is 9.90. The van der Waals surface area contributed by atoms with Gasteiger partial charge in [0.15, 0.2) is 23.1 Å². The van der Waals surface area contributed by atoms with E-state index in [-0.39, 0.29) is 90.6 Å². The molecule has 61 heavy (non-hydrogen) atoms. The van der Waals surface area contributed by atoms with E-state index in [0.717, 1.165) is 50.8 Å². The molecule has 1 unspecified atom stereocenters. The number of likely N-dealkylation sites (tertiary alicyclic amines) is 2. The summed E-state index contributed by atoms with van der Waals surface area (Å²) in [5.74, 6) is -0.567. The van der Waals surface area contributed by atoms with Crippen molar-refractivity contribution in [2.45, 2.75) is 44.4 Å². The smallest absolute Gasteiger partial charge is 0.325 e. The lowest BCUT2D eigenvalue weighted by molar-refractivity contribution is -0.136. The molecule has 1 atom stereocenters. The van der Waals surface area contributed by atoms with Gasteiger partial charge in [-0.25, -0.2) is 9.97 Å². The van der Waals surface area contributed by atoms with E-state index in [2.05, 4.69) is 46.0 Å². The van der Waals surface area contributed by atoms with Gasteiger partial charge in [-0.3, -0.25) is 29.0 Å². The number of rotatable bonds is 16. The van der Waals surface area contributed by atoms with Crippen molar-refractivity contribution in [1.82, 2.24) is 19.8 Å². The van der Waals surface area contributed by atoms with E-state index < -0.39 is 17.8 Å². The fourth-order valence-corrected chi connectivity index (χ4v) is 6.83. The van der Waals surface area contributed by atoms with Crippen molar-refractivity contribution in [2.24, 2.45) is 31.9 Å². The number of nitrogens with two attached hydrogens (primary N) is 4. The molecule has 4 heterocycles. The van der Waals surface area contributed by atoms with Gasteiger partial charge in [-0.15, -0.1) is 20.5 Å². The van der Waals surface area contributed by atoms with Crippen molar-refractivity contribution < 1.29 is 28.7 Å². The monoisotopic (exact) mass is 834 g/mol. The fraction of sp³-hybridized carbons (Fsp3) is 0.366. The number of aromatic nitrogens is 2. The SMILES string of the molecule is NCCC(=O)Nc1ccc(N=Nc2ccc(C3CCCN(CC(=O)Oc4ccccc4N=Nc4ccc(NC(=O)CN)nc4N)C3)cc2OC(=O)CN2CCCCC2)c(N)n1. The number of esters is 2. The largest absolute Gasteiger partial charge is 0.423 e. The van der Waals surface area contributed by atoms with E-state index in [1.54, 1.807) is 54.6 Å². The van der Waals surface area contributed by atoms with Crippen LogP contribution in [0.15, 0.2) is 87.2 Å². The van der Waals surface area contributed by atoms with E-state index in [9.17, 15) is 19.2 Å². The van der Waals surface area contributed by atoms with E-state index in [1.165, 1.54) is 6.07 Å². The number of piperidine rings is 2. The summed E-state index contributed by atoms with van der Waals surface area (Å²) in [5.41, 5.74) is 25.0. The summed E-state index contributed by atoms with van der Waals surface area (Å²) in [6, 6.07) is 18.4. The van der Waals surface area contributed by atoms with Gasteiger partial charge in [0.05, 0.1) is 19.6 Å². The Kier molecular flexibility index (Phi) is 15.4. The third kappa shape index (κ3) is 12.9. The van der Waals surface area contributed by atoms with Gasteiger partial charge in [0.1, 0.15) is 34.4 Å². The average Bonchev–Trinajstić information content (AvgIpc) is 3.24. The minimum Gasteiger partial charge on any atom is -0.423 e. The van der Waals surface area contributed by atoms with Crippen molar-refractivity contribution in [3.05, 3.63) is 72.3 Å². The second-order valence-corrected chi connectivity index (χ2v) is 14.5. The zero-order valence-corrected chi connectivity index (χ0v) is 33.7. The Bertz CT molecular complexity index is 2260. The van der Waals surface area contributed by atoms with Gasteiger partial charge >= 0.3 is 11.9 Å². The first-order valence-electron chi connectivity index (χ1n) is 20.0. The van der Waals surface area contributed by atoms with Crippen LogP contribution in [0.2, 0.25) is 0 Å². The lowest BCUT2D eigenvalue weighted by Crippen LogP contribution is -2.39. The summed E-state index contributed by atoms with van der Waals surface area (Å²) < 4.78 is 11.7. The van der Waals surface area contributed by atoms with Gasteiger partial charge in [-0.1, -0.05) is 24.6 Å². The van der Waals surface area contributed by atoms with Gasteiger partial charge in [-0.05, 0) is 105 Å². The number of amides is 2. The van der Waals surface area contributed by atoms with Crippen LogP contribution in [0.4, 0.5) is 46.0 Å². The molecular weight excluding hydrogens is 785 g/mol. The Morgan fingerprint density at radius 1 is 0.656 bits per heavy atom. The third-order valence-corrected chi connectivity index (χ3v) is 9.86. The maximum Gasteiger partial charge on any atom is 0.325 e. The summed E-state index contributed by atoms with van der Waals surface area (Å²) in [6.45, 7) is 3.04. The quantitative estimate of drug-likeness (QED) is 0.0501. The molecule has 0 saturated carbocycles. The highest BCUT2D eigenvalue weighted by molar-refractivity contribution is 5.91. The molecule has 2 aliphatic heterocycles. The van der Waals surface area contributed by atoms with Gasteiger partial charge in [0.2, 0.25) is 11.8 Å². The van der Waals surface area contributed by atoms with Crippen LogP contribution in [0.25, 0.3) is 0 Å². The molecule has 0 radical (unpaired) electrons. The number of pyridine rings is 2. The second-order valence-electron chi connectivity index (χ2n) is 14.5. The Morgan fingerprint density at radius 3 is 1.85 bits per heavy atom. The van der Waals surface area contributed by atoms with Crippen LogP contribution in [0.5, 0.6) is 11.5 Å². The molecule has 6 rings (SSSR count). The van der Waals surface area contributed by atoms with Crippen molar-refractivity contribution >= 4 is 69.8 Å². The molecule has 0 spiro atoms. The number of hydrogen-bond donors (Lipinski definition) is 6. The first-order chi connectivity index (χ1) is 29.6. The van der Waals surface area contributed by atoms with Crippen LogP contribution < -0.4 is 43.0 Å². The lowest BCUT2D eigenvalue weighted by Gasteiger charge is -2.32. The number of para-hydroxylation sites is 1. The number of benzene rings is 2. The van der Waals surface area contributed by atoms with Crippen molar-refractivity contribution in [1.29, 1.82) is 0 Å². The predicted molar refractivity (Wildman–Crippen MR) is 228 cm³/mol. The highest BCUT2D eigenvalue weighted by Gasteiger charge is 2.26. The Morgan fingerprint density at radius 2 is 1.21 bits per heavy atom. The molecule has 2 aromatic heterocycles. The molecule has 20 nitrogen and oxygen atoms in total. The van der Waals surface area contributed by atoms with Gasteiger partial charge in [-0.2, -0.15) is 0 Å². The van der Waals surface area contributed by atoms with E-state index >= 15 is 0 Å². The van der Waals surface area contributed by atoms with Crippen LogP contribution in [-0.2, 0) is 19.2 Å². The molecule has 20 heteroatoms. The van der Waals surface area contributed by atoms with E-state index in [0.29, 0.717) is 24.5 Å². The summed E-state index contributed by atoms with van der Waals surface area (Å²) in [5, 5.41) is 22.3. The van der Waals surface area contributed by atoms with Crippen LogP contribution >= 0.6 is 0 Å². The Labute approximate surface area is 352 Å². The molecule has 2 saturated heterocycles. The molecule has 320 valence electrons. The molecular formula is C41H50N14O6. The number of nitrogen functional groups attached to an aromatic ring is 2. The maximum atomic E-state index is 13.3. The van der Waals surface area contributed by atoms with Crippen molar-refractivity contribution in [3.8, 4) is 11.5 Å². The van der Waals surface area contributed by atoms with Crippen molar-refractivity contribution in [2.75, 3.05) is 74.5 Å². The Balaban J connectivity index is 1.13. The molecule has 2 aromatic carbocycles. The minimum atomic E-state index is -0.479. The first-order valence-corrected chi connectivity index (χ1v) is 20.0. The number of carbonyl (C=O) groups is 4. The van der Waals surface area contributed by atoms with Gasteiger partial charge in [0, 0.05) is 19.5 Å². The summed E-state index contributed by atoms with van der Waals surface area (Å²) >= 11 is 0. The van der Waals surface area contributed by atoms with E-state index in [4.69, 9.17) is 32.4 Å². The topological polar surface area (TPSA) is 297 Å². The van der Waals surface area contributed by atoms with Gasteiger partial charge in [0.25, 0.3) is 0 Å². The first kappa shape index (κ1) is 43.8. The molecule has 2 amide bonds. The maximum absolute atomic E-state index is 13.3. The van der Waals surface area contributed by atoms with Crippen LogP contribution in [-0.4, -0.2) is 95.9 Å². The highest BCUT2D eigenvalue weighted by Crippen LogP contribution is 2.37. The summed E-state index contributed by atoms with van der Waals surface area (Å²) in [4.78, 5) is 62.5. The number of hydrogen-bond acceptors (Lipinski definition) is 18. The molecule has 2 fully saturated rings. The standard InChI is InChI=1S/C41H50N14O6/c42-17-16-36(56)46-34-14-12-31(40(44)48-34)53-51-29-11-10-26(21-33(29)61-38(58)24-54-18-4-1-5-19-54)27-7-6-20-55(23-27)25-39(59)60-32-9-3-2-8-28(32)50-52-30-13-15-35(49-41(30)45)47-37(57)22-43/h2-3,8-15,21,27H,1,4-7,16-20,22-25,42-43H2,(H3,44,46,48,56)(H3,45,47,49,57). The number of carbonyl (C=O) groups excluding carboxylic acids is 4. The number of nitrogens with one attached hydrogen (secondary N) is 2. The number of anilines is 4. The fourth-order valence-electron chi connectivity index (χ4n) is 6.83. The van der Waals surface area contributed by atoms with Gasteiger partial charge < -0.3 is 43.0 Å². The van der Waals surface area contributed by atoms with Crippen LogP contribution in [0.1, 0.15) is 50.0 Å². The molecule has 10 N–H and O–H groups in total. The van der Waals surface area contributed by atoms with Crippen LogP contribution in [0, 0.1) is 0 Å². The minimum absolute atomic E-state index is 0.00382. The number of azo groups is 2. The summed E-state index contributed by atoms with van der Waals surface area (Å²) in [7, 11) is 0. The number of ether oxygens (including phenoxy) is 2. The van der Waals surface area contributed by atoms with Crippen LogP contribution in [0.3, 0.4) is 0 Å². The summed E-state index contributed by atoms with van der Waals surface area (Å²) in [6.07, 6.45) is 4.98. The van der Waals surface area contributed by atoms with Crippen molar-refractivity contribution in [3.63, 3.8) is 0 Å². The highest BCUT2D eigenvalue weighted by atomic mass is 16.5. The molecule has 0 bridgehead atoms. The molecule has 4 aromatic rings. The Hall–Kier alpha value is -6.74. The molecule has 0 aliphatic carbocycles. The normalized spacial score (nSPS) is 16.1. The second kappa shape index (κ2) is 21.5. The zero-order valence-electron chi connectivity index (χ0n) is 33.7. The zero-order chi connectivity index (χ0) is 43.1.